The summed E-state index contributed by atoms with van der Waals surface area (Å²) >= 11 is 0. The van der Waals surface area contributed by atoms with E-state index in [0.29, 0.717) is 0 Å². The Hall–Kier alpha value is -5.02. The zero-order valence-electron chi connectivity index (χ0n) is 20.9. The summed E-state index contributed by atoms with van der Waals surface area (Å²) in [5.41, 5.74) is 8.89. The highest BCUT2D eigenvalue weighted by Gasteiger charge is 2.34. The zero-order valence-corrected chi connectivity index (χ0v) is 20.9. The van der Waals surface area contributed by atoms with E-state index < -0.39 is 0 Å². The molecule has 0 saturated heterocycles. The Bertz CT molecular complexity index is 2170. The second kappa shape index (κ2) is 7.75. The van der Waals surface area contributed by atoms with Crippen LogP contribution < -0.4 is 4.74 Å². The summed E-state index contributed by atoms with van der Waals surface area (Å²) in [5, 5.41) is 4.41. The van der Waals surface area contributed by atoms with Gasteiger partial charge < -0.3 is 13.6 Å². The van der Waals surface area contributed by atoms with Crippen LogP contribution in [0.1, 0.15) is 11.5 Å². The van der Waals surface area contributed by atoms with Gasteiger partial charge in [-0.15, -0.1) is 0 Å². The summed E-state index contributed by atoms with van der Waals surface area (Å²) < 4.78 is 19.7. The molecule has 0 radical (unpaired) electrons. The maximum atomic E-state index is 6.80. The van der Waals surface area contributed by atoms with Crippen molar-refractivity contribution in [2.75, 3.05) is 0 Å². The Morgan fingerprint density at radius 2 is 1.03 bits per heavy atom. The van der Waals surface area contributed by atoms with Gasteiger partial charge in [-0.05, 0) is 12.1 Å². The number of allylic oxidation sites excluding steroid dienone is 2. The highest BCUT2D eigenvalue weighted by Crippen LogP contribution is 2.49. The fourth-order valence-electron chi connectivity index (χ4n) is 6.48. The number of fused-ring (bicyclic) bond motifs is 9. The van der Waals surface area contributed by atoms with Gasteiger partial charge in [0.1, 0.15) is 34.2 Å². The molecule has 3 heterocycles. The lowest BCUT2D eigenvalue weighted by molar-refractivity contribution is 0.270. The first-order valence-electron chi connectivity index (χ1n) is 13.3. The van der Waals surface area contributed by atoms with Gasteiger partial charge in [-0.1, -0.05) is 109 Å². The van der Waals surface area contributed by atoms with Gasteiger partial charge in [-0.3, -0.25) is 0 Å². The molecule has 5 aromatic carbocycles. The summed E-state index contributed by atoms with van der Waals surface area (Å²) in [7, 11) is 0. The van der Waals surface area contributed by atoms with Gasteiger partial charge >= 0.3 is 0 Å². The van der Waals surface area contributed by atoms with Crippen LogP contribution in [0.5, 0.6) is 5.75 Å². The summed E-state index contributed by atoms with van der Waals surface area (Å²) in [6.07, 6.45) is 8.58. The molecule has 2 unspecified atom stereocenters. The quantitative estimate of drug-likeness (QED) is 0.236. The van der Waals surface area contributed by atoms with E-state index >= 15 is 0 Å². The lowest BCUT2D eigenvalue weighted by atomic mass is 9.90. The summed E-state index contributed by atoms with van der Waals surface area (Å²) in [6.45, 7) is 0. The van der Waals surface area contributed by atoms with Crippen LogP contribution in [-0.4, -0.2) is 6.10 Å². The number of ether oxygens (including phenoxy) is 1. The highest BCUT2D eigenvalue weighted by atomic mass is 16.5. The second-order valence-electron chi connectivity index (χ2n) is 10.3. The Labute approximate surface area is 224 Å². The topological polar surface area (TPSA) is 35.5 Å². The van der Waals surface area contributed by atoms with Crippen LogP contribution in [0.2, 0.25) is 0 Å². The normalized spacial score (nSPS) is 17.7. The van der Waals surface area contributed by atoms with Crippen molar-refractivity contribution in [3.63, 3.8) is 0 Å². The molecular formula is C36H22O3. The fourth-order valence-corrected chi connectivity index (χ4v) is 6.48. The molecule has 184 valence electrons. The molecule has 3 nitrogen and oxygen atoms in total. The van der Waals surface area contributed by atoms with E-state index in [2.05, 4.69) is 109 Å². The molecule has 2 atom stereocenters. The number of para-hydroxylation sites is 5. The molecule has 39 heavy (non-hydrogen) atoms. The van der Waals surface area contributed by atoms with Crippen molar-refractivity contribution in [2.24, 2.45) is 0 Å². The van der Waals surface area contributed by atoms with Crippen molar-refractivity contribution in [3.8, 4) is 28.0 Å². The molecule has 2 aliphatic rings. The standard InChI is InChI=1S/C36H22O3/c1-3-19-31-21(9-1)23-11-5-13-25(33(23)37-31)27-15-7-17-29-30-18-8-16-28(36(30)39-35(27)29)26-14-6-12-24-22-10-2-4-20-32(22)38-34(24)26/h1-21,31H. The number of furan rings is 2. The fraction of sp³-hybridized carbons (Fsp3) is 0.0556. The molecule has 1 aliphatic heterocycles. The number of hydrogen-bond acceptors (Lipinski definition) is 3. The lowest BCUT2D eigenvalue weighted by Gasteiger charge is -2.14. The minimum Gasteiger partial charge on any atom is -0.484 e. The molecule has 9 rings (SSSR count). The van der Waals surface area contributed by atoms with Crippen LogP contribution in [0.4, 0.5) is 0 Å². The predicted octanol–water partition coefficient (Wildman–Crippen LogP) is 9.79. The third-order valence-corrected chi connectivity index (χ3v) is 8.25. The van der Waals surface area contributed by atoms with Crippen LogP contribution in [-0.2, 0) is 0 Å². The molecule has 0 amide bonds. The minimum absolute atomic E-state index is 0.0388. The molecule has 3 heteroatoms. The first kappa shape index (κ1) is 21.0. The number of benzene rings is 5. The maximum Gasteiger partial charge on any atom is 0.143 e. The zero-order chi connectivity index (χ0) is 25.5. The average molecular weight is 503 g/mol. The van der Waals surface area contributed by atoms with Crippen molar-refractivity contribution in [3.05, 3.63) is 127 Å². The molecule has 0 spiro atoms. The maximum absolute atomic E-state index is 6.80. The molecule has 0 fully saturated rings. The highest BCUT2D eigenvalue weighted by molar-refractivity contribution is 6.16. The molecular weight excluding hydrogens is 480 g/mol. The average Bonchev–Trinajstić information content (AvgIpc) is 3.68. The molecule has 0 bridgehead atoms. The minimum atomic E-state index is 0.0388. The van der Waals surface area contributed by atoms with E-state index in [0.717, 1.165) is 71.9 Å². The van der Waals surface area contributed by atoms with Crippen LogP contribution >= 0.6 is 0 Å². The Morgan fingerprint density at radius 1 is 0.462 bits per heavy atom. The lowest BCUT2D eigenvalue weighted by Crippen LogP contribution is -2.15. The van der Waals surface area contributed by atoms with Gasteiger partial charge in [0.25, 0.3) is 0 Å². The molecule has 7 aromatic rings. The van der Waals surface area contributed by atoms with E-state index in [9.17, 15) is 0 Å². The van der Waals surface area contributed by atoms with Crippen molar-refractivity contribution in [2.45, 2.75) is 12.0 Å². The predicted molar refractivity (Wildman–Crippen MR) is 157 cm³/mol. The van der Waals surface area contributed by atoms with Gasteiger partial charge in [-0.25, -0.2) is 0 Å². The second-order valence-corrected chi connectivity index (χ2v) is 10.3. The summed E-state index contributed by atoms with van der Waals surface area (Å²) in [4.78, 5) is 0. The third kappa shape index (κ3) is 2.87. The van der Waals surface area contributed by atoms with Crippen LogP contribution in [0, 0.1) is 0 Å². The summed E-state index contributed by atoms with van der Waals surface area (Å²) in [6, 6.07) is 33.7. The Balaban J connectivity index is 1.29. The Kier molecular flexibility index (Phi) is 4.17. The van der Waals surface area contributed by atoms with Gasteiger partial charge in [-0.2, -0.15) is 0 Å². The third-order valence-electron chi connectivity index (χ3n) is 8.25. The number of hydrogen-bond donors (Lipinski definition) is 0. The Morgan fingerprint density at radius 3 is 1.79 bits per heavy atom. The van der Waals surface area contributed by atoms with Crippen molar-refractivity contribution < 1.29 is 13.6 Å². The van der Waals surface area contributed by atoms with E-state index in [1.165, 1.54) is 5.56 Å². The van der Waals surface area contributed by atoms with Gasteiger partial charge in [0, 0.05) is 55.3 Å². The van der Waals surface area contributed by atoms with E-state index in [4.69, 9.17) is 13.6 Å². The van der Waals surface area contributed by atoms with Gasteiger partial charge in [0.05, 0.1) is 0 Å². The van der Waals surface area contributed by atoms with Crippen molar-refractivity contribution >= 4 is 43.9 Å². The smallest absolute Gasteiger partial charge is 0.143 e. The first-order chi connectivity index (χ1) is 19.3. The van der Waals surface area contributed by atoms with E-state index in [1.54, 1.807) is 0 Å². The monoisotopic (exact) mass is 502 g/mol. The largest absolute Gasteiger partial charge is 0.484 e. The molecule has 2 aromatic heterocycles. The van der Waals surface area contributed by atoms with Crippen LogP contribution in [0.15, 0.2) is 130 Å². The molecule has 0 N–H and O–H groups in total. The van der Waals surface area contributed by atoms with Crippen LogP contribution in [0.3, 0.4) is 0 Å². The molecule has 0 saturated carbocycles. The summed E-state index contributed by atoms with van der Waals surface area (Å²) in [5.74, 6) is 1.19. The van der Waals surface area contributed by atoms with Crippen molar-refractivity contribution in [1.29, 1.82) is 0 Å². The van der Waals surface area contributed by atoms with E-state index in [1.807, 2.05) is 12.1 Å². The van der Waals surface area contributed by atoms with Crippen LogP contribution in [0.25, 0.3) is 66.1 Å². The SMILES string of the molecule is C1=CC2Oc3c(-c4cccc5c4oc4c(-c6cccc7c6oc6ccccc67)cccc45)cccc3C2C=C1. The molecule has 1 aliphatic carbocycles. The number of rotatable bonds is 2. The van der Waals surface area contributed by atoms with Crippen molar-refractivity contribution in [1.82, 2.24) is 0 Å². The first-order valence-corrected chi connectivity index (χ1v) is 13.3. The van der Waals surface area contributed by atoms with E-state index in [-0.39, 0.29) is 12.0 Å². The van der Waals surface area contributed by atoms with Gasteiger partial charge in [0.2, 0.25) is 0 Å². The van der Waals surface area contributed by atoms with Gasteiger partial charge in [0.15, 0.2) is 0 Å².